The van der Waals surface area contributed by atoms with E-state index in [0.717, 1.165) is 11.1 Å². The number of benzene rings is 3. The first-order valence-corrected chi connectivity index (χ1v) is 10.4. The second-order valence-electron chi connectivity index (χ2n) is 7.31. The van der Waals surface area contributed by atoms with Crippen LogP contribution >= 0.6 is 0 Å². The van der Waals surface area contributed by atoms with Crippen molar-refractivity contribution in [2.75, 3.05) is 18.1 Å². The van der Waals surface area contributed by atoms with Crippen LogP contribution in [0.25, 0.3) is 0 Å². The van der Waals surface area contributed by atoms with Crippen LogP contribution in [0.5, 0.6) is 0 Å². The molecule has 2 amide bonds. The molecule has 0 aliphatic heterocycles. The van der Waals surface area contributed by atoms with Crippen molar-refractivity contribution in [1.82, 2.24) is 5.48 Å². The van der Waals surface area contributed by atoms with Gasteiger partial charge < -0.3 is 20.1 Å². The van der Waals surface area contributed by atoms with E-state index < -0.39 is 13.0 Å². The van der Waals surface area contributed by atoms with Crippen molar-refractivity contribution in [3.63, 3.8) is 0 Å². The second-order valence-corrected chi connectivity index (χ2v) is 7.31. The lowest BCUT2D eigenvalue weighted by Gasteiger charge is -2.22. The molecule has 0 aliphatic rings. The molecule has 0 spiro atoms. The average molecular weight is 448 g/mol. The molecule has 3 rings (SSSR count). The van der Waals surface area contributed by atoms with Gasteiger partial charge in [0.1, 0.15) is 0 Å². The van der Waals surface area contributed by atoms with Crippen molar-refractivity contribution in [2.45, 2.75) is 13.0 Å². The van der Waals surface area contributed by atoms with E-state index in [1.54, 1.807) is 48.5 Å². The number of hydrogen-bond acceptors (Lipinski definition) is 6. The Hall–Kier alpha value is -3.50. The zero-order valence-corrected chi connectivity index (χ0v) is 17.9. The van der Waals surface area contributed by atoms with E-state index >= 15 is 0 Å². The van der Waals surface area contributed by atoms with Crippen molar-refractivity contribution in [3.05, 3.63) is 95.6 Å². The first-order valence-electron chi connectivity index (χ1n) is 10.4. The minimum Gasteiger partial charge on any atom is -0.423 e. The van der Waals surface area contributed by atoms with Crippen LogP contribution in [-0.2, 0) is 22.7 Å². The van der Waals surface area contributed by atoms with E-state index in [1.165, 1.54) is 4.90 Å². The topological polar surface area (TPSA) is 119 Å². The number of anilines is 1. The molecule has 0 saturated carbocycles. The molecular weight excluding hydrogens is 423 g/mol. The second kappa shape index (κ2) is 11.9. The minimum absolute atomic E-state index is 0.111. The van der Waals surface area contributed by atoms with Crippen LogP contribution in [0.3, 0.4) is 0 Å². The molecule has 0 aromatic heterocycles. The fourth-order valence-corrected chi connectivity index (χ4v) is 3.18. The fraction of sp³-hybridized carbons (Fsp3) is 0.167. The molecule has 33 heavy (non-hydrogen) atoms. The highest BCUT2D eigenvalue weighted by Gasteiger charge is 2.16. The molecule has 4 N–H and O–H groups in total. The monoisotopic (exact) mass is 448 g/mol. The lowest BCUT2D eigenvalue weighted by atomic mass is 9.80. The predicted molar refractivity (Wildman–Crippen MR) is 125 cm³/mol. The standard InChI is InChI=1S/C24H25BN2O6/c28-15-14-27(22-4-2-1-3-5-22)23(29)16-18-6-10-20(11-7-18)24(30)26-33-17-19-8-12-21(13-9-19)25(31)32/h1-13,28,31-32H,14-17H2,(H,26,30). The molecule has 0 unspecified atom stereocenters. The highest BCUT2D eigenvalue weighted by atomic mass is 16.6. The van der Waals surface area contributed by atoms with E-state index in [9.17, 15) is 14.7 Å². The van der Waals surface area contributed by atoms with Gasteiger partial charge in [0, 0.05) is 17.8 Å². The van der Waals surface area contributed by atoms with Crippen molar-refractivity contribution in [1.29, 1.82) is 0 Å². The van der Waals surface area contributed by atoms with E-state index in [-0.39, 0.29) is 32.1 Å². The third-order valence-corrected chi connectivity index (χ3v) is 4.95. The summed E-state index contributed by atoms with van der Waals surface area (Å²) in [4.78, 5) is 31.8. The summed E-state index contributed by atoms with van der Waals surface area (Å²) in [5.74, 6) is -0.586. The van der Waals surface area contributed by atoms with E-state index in [4.69, 9.17) is 14.9 Å². The summed E-state index contributed by atoms with van der Waals surface area (Å²) in [5.41, 5.74) is 5.30. The van der Waals surface area contributed by atoms with Crippen molar-refractivity contribution < 1.29 is 29.6 Å². The number of hydroxylamine groups is 1. The van der Waals surface area contributed by atoms with Gasteiger partial charge in [-0.3, -0.25) is 14.4 Å². The highest BCUT2D eigenvalue weighted by molar-refractivity contribution is 6.58. The molecular formula is C24H25BN2O6. The number of carbonyl (C=O) groups excluding carboxylic acids is 2. The van der Waals surface area contributed by atoms with Crippen molar-refractivity contribution in [3.8, 4) is 0 Å². The molecule has 3 aromatic rings. The molecule has 0 radical (unpaired) electrons. The Bertz CT molecular complexity index is 1040. The Labute approximate surface area is 192 Å². The third kappa shape index (κ3) is 6.99. The van der Waals surface area contributed by atoms with Crippen molar-refractivity contribution in [2.24, 2.45) is 0 Å². The summed E-state index contributed by atoms with van der Waals surface area (Å²) in [7, 11) is -1.53. The smallest absolute Gasteiger partial charge is 0.423 e. The number of rotatable bonds is 10. The lowest BCUT2D eigenvalue weighted by molar-refractivity contribution is -0.118. The number of aliphatic hydroxyl groups is 1. The van der Waals surface area contributed by atoms with Crippen LogP contribution in [0.4, 0.5) is 5.69 Å². The molecule has 0 atom stereocenters. The van der Waals surface area contributed by atoms with E-state index in [0.29, 0.717) is 16.7 Å². The molecule has 3 aromatic carbocycles. The van der Waals surface area contributed by atoms with Crippen molar-refractivity contribution >= 4 is 30.1 Å². The largest absolute Gasteiger partial charge is 0.488 e. The minimum atomic E-state index is -1.53. The molecule has 0 heterocycles. The predicted octanol–water partition coefficient (Wildman–Crippen LogP) is 0.796. The first kappa shape index (κ1) is 24.2. The average Bonchev–Trinajstić information content (AvgIpc) is 2.83. The van der Waals surface area contributed by atoms with Gasteiger partial charge in [-0.05, 0) is 40.9 Å². The van der Waals surface area contributed by atoms with E-state index in [1.807, 2.05) is 30.3 Å². The maximum atomic E-state index is 12.7. The number of para-hydroxylation sites is 1. The number of nitrogens with one attached hydrogen (secondary N) is 1. The normalized spacial score (nSPS) is 10.5. The Balaban J connectivity index is 1.52. The Morgan fingerprint density at radius 2 is 1.52 bits per heavy atom. The zero-order valence-electron chi connectivity index (χ0n) is 17.9. The van der Waals surface area contributed by atoms with Crippen LogP contribution in [0, 0.1) is 0 Å². The quantitative estimate of drug-likeness (QED) is 0.269. The first-order chi connectivity index (χ1) is 16.0. The van der Waals surface area contributed by atoms with Crippen LogP contribution < -0.4 is 15.8 Å². The lowest BCUT2D eigenvalue weighted by Crippen LogP contribution is -2.34. The zero-order chi connectivity index (χ0) is 23.6. The molecule has 0 bridgehead atoms. The van der Waals surface area contributed by atoms with E-state index in [2.05, 4.69) is 5.48 Å². The van der Waals surface area contributed by atoms with Gasteiger partial charge in [0.2, 0.25) is 5.91 Å². The molecule has 0 aliphatic carbocycles. The van der Waals surface area contributed by atoms with Crippen LogP contribution in [-0.4, -0.2) is 47.2 Å². The summed E-state index contributed by atoms with van der Waals surface area (Å²) in [6.07, 6.45) is 0.131. The molecule has 9 heteroatoms. The number of hydrogen-bond donors (Lipinski definition) is 4. The molecule has 8 nitrogen and oxygen atoms in total. The summed E-state index contributed by atoms with van der Waals surface area (Å²) in [5, 5.41) is 27.5. The fourth-order valence-electron chi connectivity index (χ4n) is 3.18. The Morgan fingerprint density at radius 3 is 2.12 bits per heavy atom. The Morgan fingerprint density at radius 1 is 0.879 bits per heavy atom. The number of amides is 2. The van der Waals surface area contributed by atoms with Gasteiger partial charge in [-0.15, -0.1) is 0 Å². The van der Waals surface area contributed by atoms with Gasteiger partial charge in [0.15, 0.2) is 0 Å². The molecule has 170 valence electrons. The highest BCUT2D eigenvalue weighted by Crippen LogP contribution is 2.15. The molecule has 0 fully saturated rings. The van der Waals surface area contributed by atoms with Gasteiger partial charge in [-0.25, -0.2) is 5.48 Å². The maximum absolute atomic E-state index is 12.7. The summed E-state index contributed by atoms with van der Waals surface area (Å²) >= 11 is 0. The van der Waals surface area contributed by atoms with Gasteiger partial charge in [0.05, 0.1) is 19.6 Å². The van der Waals surface area contributed by atoms with Crippen LogP contribution in [0.1, 0.15) is 21.5 Å². The Kier molecular flexibility index (Phi) is 8.74. The summed E-state index contributed by atoms with van der Waals surface area (Å²) in [6, 6.07) is 22.2. The van der Waals surface area contributed by atoms with Gasteiger partial charge in [0.25, 0.3) is 5.91 Å². The summed E-state index contributed by atoms with van der Waals surface area (Å²) < 4.78 is 0. The van der Waals surface area contributed by atoms with Gasteiger partial charge in [-0.1, -0.05) is 54.6 Å². The third-order valence-electron chi connectivity index (χ3n) is 4.95. The number of aliphatic hydroxyl groups excluding tert-OH is 1. The SMILES string of the molecule is O=C(NOCc1ccc(B(O)O)cc1)c1ccc(CC(=O)N(CCO)c2ccccc2)cc1. The van der Waals surface area contributed by atoms with Gasteiger partial charge >= 0.3 is 7.12 Å². The number of carbonyl (C=O) groups is 2. The van der Waals surface area contributed by atoms with Gasteiger partial charge in [-0.2, -0.15) is 0 Å². The number of nitrogens with zero attached hydrogens (tertiary/aromatic N) is 1. The summed E-state index contributed by atoms with van der Waals surface area (Å²) in [6.45, 7) is 0.164. The van der Waals surface area contributed by atoms with Crippen LogP contribution in [0.15, 0.2) is 78.9 Å². The van der Waals surface area contributed by atoms with Crippen LogP contribution in [0.2, 0.25) is 0 Å². The molecule has 0 saturated heterocycles. The maximum Gasteiger partial charge on any atom is 0.488 e.